The maximum Gasteiger partial charge on any atom is 0.234 e. The van der Waals surface area contributed by atoms with Crippen LogP contribution in [0.15, 0.2) is 58.9 Å². The third-order valence-electron chi connectivity index (χ3n) is 3.14. The van der Waals surface area contributed by atoms with Crippen molar-refractivity contribution in [2.75, 3.05) is 16.8 Å². The number of amides is 1. The Labute approximate surface area is 146 Å². The summed E-state index contributed by atoms with van der Waals surface area (Å²) in [7, 11) is 0. The van der Waals surface area contributed by atoms with Crippen LogP contribution in [-0.4, -0.2) is 16.6 Å². The monoisotopic (exact) mass is 359 g/mol. The number of aromatic nitrogens is 1. The summed E-state index contributed by atoms with van der Waals surface area (Å²) in [6.07, 6.45) is 0. The molecule has 0 aliphatic carbocycles. The quantitative estimate of drug-likeness (QED) is 0.668. The molecule has 4 nitrogen and oxygen atoms in total. The molecule has 3 aromatic rings. The second-order valence-corrected chi connectivity index (χ2v) is 7.16. The van der Waals surface area contributed by atoms with Crippen molar-refractivity contribution in [2.24, 2.45) is 0 Å². The van der Waals surface area contributed by atoms with Crippen molar-refractivity contribution in [2.45, 2.75) is 4.34 Å². The number of nitrogen functional groups attached to an aromatic ring is 1. The minimum absolute atomic E-state index is 0.179. The van der Waals surface area contributed by atoms with E-state index < -0.39 is 0 Å². The lowest BCUT2D eigenvalue weighted by Crippen LogP contribution is -2.13. The summed E-state index contributed by atoms with van der Waals surface area (Å²) in [6.45, 7) is 0. The first kappa shape index (κ1) is 16.5. The van der Waals surface area contributed by atoms with Crippen molar-refractivity contribution in [3.8, 4) is 11.3 Å². The molecule has 24 heavy (non-hydrogen) atoms. The van der Waals surface area contributed by atoms with E-state index in [-0.39, 0.29) is 17.5 Å². The normalized spacial score (nSPS) is 10.5. The Hall–Kier alpha value is -2.38. The molecule has 1 aromatic heterocycles. The first-order chi connectivity index (χ1) is 11.6. The van der Waals surface area contributed by atoms with E-state index in [4.69, 9.17) is 5.73 Å². The van der Waals surface area contributed by atoms with Gasteiger partial charge in [-0.2, -0.15) is 0 Å². The largest absolute Gasteiger partial charge is 0.389 e. The lowest BCUT2D eigenvalue weighted by atomic mass is 10.2. The number of benzene rings is 2. The lowest BCUT2D eigenvalue weighted by molar-refractivity contribution is -0.113. The molecule has 0 fully saturated rings. The van der Waals surface area contributed by atoms with Crippen LogP contribution in [0.2, 0.25) is 0 Å². The van der Waals surface area contributed by atoms with Gasteiger partial charge in [-0.05, 0) is 24.3 Å². The molecular weight excluding hydrogens is 345 g/mol. The van der Waals surface area contributed by atoms with Crippen LogP contribution in [0.5, 0.6) is 0 Å². The molecule has 1 heterocycles. The molecule has 0 unspecified atom stereocenters. The van der Waals surface area contributed by atoms with Gasteiger partial charge < -0.3 is 11.1 Å². The van der Waals surface area contributed by atoms with Gasteiger partial charge in [0.05, 0.1) is 5.75 Å². The van der Waals surface area contributed by atoms with E-state index in [1.807, 2.05) is 30.3 Å². The molecule has 0 atom stereocenters. The van der Waals surface area contributed by atoms with Crippen molar-refractivity contribution in [1.82, 2.24) is 4.98 Å². The van der Waals surface area contributed by atoms with Gasteiger partial charge in [-0.1, -0.05) is 53.4 Å². The zero-order valence-corrected chi connectivity index (χ0v) is 14.2. The lowest BCUT2D eigenvalue weighted by Gasteiger charge is -2.03. The van der Waals surface area contributed by atoms with E-state index in [1.54, 1.807) is 0 Å². The van der Waals surface area contributed by atoms with Gasteiger partial charge in [0.15, 0.2) is 4.34 Å². The van der Waals surface area contributed by atoms with Crippen LogP contribution < -0.4 is 11.1 Å². The zero-order valence-electron chi connectivity index (χ0n) is 12.5. The van der Waals surface area contributed by atoms with E-state index in [0.29, 0.717) is 10.7 Å². The molecule has 7 heteroatoms. The maximum absolute atomic E-state index is 12.8. The standard InChI is InChI=1S/C17H14FN3OS2/c18-12-6-8-13(9-7-12)20-14(22)10-23-17-21-15(16(19)24-17)11-4-2-1-3-5-11/h1-9H,10,19H2,(H,20,22). The molecule has 0 aliphatic rings. The van der Waals surface area contributed by atoms with Gasteiger partial charge in [0, 0.05) is 11.3 Å². The molecule has 0 saturated carbocycles. The Morgan fingerprint density at radius 2 is 1.88 bits per heavy atom. The summed E-state index contributed by atoms with van der Waals surface area (Å²) in [5, 5.41) is 3.34. The summed E-state index contributed by atoms with van der Waals surface area (Å²) >= 11 is 2.68. The number of thiazole rings is 1. The Bertz CT molecular complexity index is 835. The summed E-state index contributed by atoms with van der Waals surface area (Å²) in [4.78, 5) is 16.4. The highest BCUT2D eigenvalue weighted by Gasteiger charge is 2.12. The van der Waals surface area contributed by atoms with E-state index in [2.05, 4.69) is 10.3 Å². The topological polar surface area (TPSA) is 68.0 Å². The Morgan fingerprint density at radius 3 is 2.58 bits per heavy atom. The fourth-order valence-corrected chi connectivity index (χ4v) is 3.78. The minimum atomic E-state index is -0.339. The van der Waals surface area contributed by atoms with Crippen molar-refractivity contribution in [1.29, 1.82) is 0 Å². The highest BCUT2D eigenvalue weighted by molar-refractivity contribution is 8.01. The first-order valence-corrected chi connectivity index (χ1v) is 8.92. The van der Waals surface area contributed by atoms with Crippen molar-refractivity contribution in [3.63, 3.8) is 0 Å². The van der Waals surface area contributed by atoms with Crippen molar-refractivity contribution >= 4 is 39.7 Å². The molecule has 0 saturated heterocycles. The number of nitrogens with zero attached hydrogens (tertiary/aromatic N) is 1. The molecule has 3 N–H and O–H groups in total. The number of halogens is 1. The van der Waals surface area contributed by atoms with E-state index in [0.717, 1.165) is 15.6 Å². The number of nitrogens with two attached hydrogens (primary N) is 1. The van der Waals surface area contributed by atoms with E-state index >= 15 is 0 Å². The molecule has 0 aliphatic heterocycles. The Balaban J connectivity index is 1.61. The molecule has 0 radical (unpaired) electrons. The number of carbonyl (C=O) groups excluding carboxylic acids is 1. The number of thioether (sulfide) groups is 1. The summed E-state index contributed by atoms with van der Waals surface area (Å²) in [6, 6.07) is 15.3. The second-order valence-electron chi connectivity index (χ2n) is 4.90. The van der Waals surface area contributed by atoms with Crippen LogP contribution in [0.4, 0.5) is 15.1 Å². The molecule has 0 spiro atoms. The van der Waals surface area contributed by atoms with E-state index in [9.17, 15) is 9.18 Å². The third kappa shape index (κ3) is 4.12. The fourth-order valence-electron chi connectivity index (χ4n) is 2.03. The van der Waals surface area contributed by atoms with Gasteiger partial charge in [0.2, 0.25) is 5.91 Å². The van der Waals surface area contributed by atoms with Gasteiger partial charge in [-0.25, -0.2) is 9.37 Å². The second kappa shape index (κ2) is 7.46. The van der Waals surface area contributed by atoms with Gasteiger partial charge in [0.25, 0.3) is 0 Å². The SMILES string of the molecule is Nc1sc(SCC(=O)Nc2ccc(F)cc2)nc1-c1ccccc1. The number of carbonyl (C=O) groups is 1. The molecule has 1 amide bonds. The van der Waals surface area contributed by atoms with Gasteiger partial charge >= 0.3 is 0 Å². The molecule has 0 bridgehead atoms. The van der Waals surface area contributed by atoms with Crippen molar-refractivity contribution < 1.29 is 9.18 Å². The summed E-state index contributed by atoms with van der Waals surface area (Å²) in [5.41, 5.74) is 8.28. The zero-order chi connectivity index (χ0) is 16.9. The Kier molecular flexibility index (Phi) is 5.12. The summed E-state index contributed by atoms with van der Waals surface area (Å²) < 4.78 is 13.6. The average Bonchev–Trinajstić information content (AvgIpc) is 2.97. The van der Waals surface area contributed by atoms with Crippen molar-refractivity contribution in [3.05, 3.63) is 60.4 Å². The van der Waals surface area contributed by atoms with Gasteiger partial charge in [-0.3, -0.25) is 4.79 Å². The molecular formula is C17H14FN3OS2. The maximum atomic E-state index is 12.8. The van der Waals surface area contributed by atoms with Crippen LogP contribution in [0, 0.1) is 5.82 Å². The van der Waals surface area contributed by atoms with Crippen LogP contribution in [0.1, 0.15) is 0 Å². The van der Waals surface area contributed by atoms with Gasteiger partial charge in [0.1, 0.15) is 16.5 Å². The number of anilines is 2. The van der Waals surface area contributed by atoms with E-state index in [1.165, 1.54) is 47.4 Å². The Morgan fingerprint density at radius 1 is 1.17 bits per heavy atom. The number of hydrogen-bond acceptors (Lipinski definition) is 5. The predicted molar refractivity (Wildman–Crippen MR) is 97.7 cm³/mol. The van der Waals surface area contributed by atoms with Crippen LogP contribution in [-0.2, 0) is 4.79 Å². The fraction of sp³-hybridized carbons (Fsp3) is 0.0588. The smallest absolute Gasteiger partial charge is 0.234 e. The number of nitrogens with one attached hydrogen (secondary N) is 1. The molecule has 3 rings (SSSR count). The minimum Gasteiger partial charge on any atom is -0.389 e. The number of hydrogen-bond donors (Lipinski definition) is 2. The summed E-state index contributed by atoms with van der Waals surface area (Å²) in [5.74, 6) is -0.311. The van der Waals surface area contributed by atoms with Gasteiger partial charge in [-0.15, -0.1) is 0 Å². The van der Waals surface area contributed by atoms with Crippen LogP contribution in [0.25, 0.3) is 11.3 Å². The highest BCUT2D eigenvalue weighted by atomic mass is 32.2. The third-order valence-corrected chi connectivity index (χ3v) is 5.16. The molecule has 2 aromatic carbocycles. The van der Waals surface area contributed by atoms with Crippen LogP contribution >= 0.6 is 23.1 Å². The average molecular weight is 359 g/mol. The van der Waals surface area contributed by atoms with Crippen LogP contribution in [0.3, 0.4) is 0 Å². The highest BCUT2D eigenvalue weighted by Crippen LogP contribution is 2.35. The first-order valence-electron chi connectivity index (χ1n) is 7.12. The number of rotatable bonds is 5. The predicted octanol–water partition coefficient (Wildman–Crippen LogP) is 4.26. The molecule has 122 valence electrons.